The fourth-order valence-corrected chi connectivity index (χ4v) is 17.1. The molecule has 0 N–H and O–H groups in total. The van der Waals surface area contributed by atoms with Gasteiger partial charge in [-0.2, -0.15) is 0 Å². The Morgan fingerprint density at radius 1 is 0.451 bits per heavy atom. The Morgan fingerprint density at radius 2 is 0.768 bits per heavy atom. The van der Waals surface area contributed by atoms with Crippen LogP contribution in [0.15, 0.2) is 197 Å². The summed E-state index contributed by atoms with van der Waals surface area (Å²) in [5.74, 6) is 5.44. The fourth-order valence-electron chi connectivity index (χ4n) is 15.8. The number of fused-ring (bicyclic) bond motifs is 9. The van der Waals surface area contributed by atoms with Crippen molar-refractivity contribution in [3.05, 3.63) is 221 Å². The van der Waals surface area contributed by atoms with Crippen molar-refractivity contribution in [1.29, 1.82) is 0 Å². The lowest BCUT2D eigenvalue weighted by Gasteiger charge is -2.38. The number of hydrogen-bond donors (Lipinski definition) is 0. The summed E-state index contributed by atoms with van der Waals surface area (Å²) in [6.45, 7) is 0. The van der Waals surface area contributed by atoms with Crippen molar-refractivity contribution < 1.29 is 8.42 Å². The van der Waals surface area contributed by atoms with E-state index in [2.05, 4.69) is 181 Å². The maximum absolute atomic E-state index is 12.0. The van der Waals surface area contributed by atoms with Gasteiger partial charge in [-0.15, -0.1) is 11.8 Å². The van der Waals surface area contributed by atoms with Crippen molar-refractivity contribution in [3.63, 3.8) is 0 Å². The average Bonchev–Trinajstić information content (AvgIpc) is 2.74. The Kier molecular flexibility index (Phi) is 15.5. The molecule has 15 rings (SSSR count). The number of thioether (sulfide) groups is 1. The van der Waals surface area contributed by atoms with Gasteiger partial charge in [0.25, 0.3) is 0 Å². The highest BCUT2D eigenvalue weighted by Gasteiger charge is 2.49. The molecule has 3 atom stereocenters. The Balaban J connectivity index is 0.000000116. The van der Waals surface area contributed by atoms with E-state index in [-0.39, 0.29) is 16.6 Å². The largest absolute Gasteiger partial charge is 0.317 e. The van der Waals surface area contributed by atoms with Crippen molar-refractivity contribution in [2.24, 2.45) is 17.8 Å². The topological polar surface area (TPSA) is 87.6 Å². The maximum atomic E-state index is 12.0. The number of imidazole rings is 3. The molecule has 8 nitrogen and oxygen atoms in total. The molecule has 0 bridgehead atoms. The van der Waals surface area contributed by atoms with Gasteiger partial charge in [0.05, 0.1) is 21.5 Å². The zero-order valence-electron chi connectivity index (χ0n) is 47.5. The lowest BCUT2D eigenvalue weighted by Crippen LogP contribution is -2.36. The second kappa shape index (κ2) is 23.1. The number of aromatic nitrogens is 6. The zero-order valence-corrected chi connectivity index (χ0v) is 50.7. The van der Waals surface area contributed by atoms with Crippen LogP contribution in [0.25, 0.3) is 34.2 Å². The average molecular weight is 1190 g/mol. The summed E-state index contributed by atoms with van der Waals surface area (Å²) >= 11 is 5.42. The molecule has 0 saturated heterocycles. The molecule has 0 spiro atoms. The van der Waals surface area contributed by atoms with Crippen LogP contribution in [0, 0.1) is 17.8 Å². The van der Waals surface area contributed by atoms with Crippen LogP contribution < -0.4 is 0 Å². The monoisotopic (exact) mass is 1190 g/mol. The van der Waals surface area contributed by atoms with Crippen molar-refractivity contribution in [1.82, 2.24) is 28.7 Å². The van der Waals surface area contributed by atoms with E-state index in [4.69, 9.17) is 9.97 Å². The van der Waals surface area contributed by atoms with Gasteiger partial charge in [-0.25, -0.2) is 23.4 Å². The molecule has 3 aliphatic carbocycles. The van der Waals surface area contributed by atoms with Crippen LogP contribution in [0.1, 0.15) is 149 Å². The molecule has 6 aromatic carbocycles. The van der Waals surface area contributed by atoms with Gasteiger partial charge >= 0.3 is 0 Å². The third-order valence-corrected chi connectivity index (χ3v) is 22.0. The number of benzene rings is 6. The summed E-state index contributed by atoms with van der Waals surface area (Å²) in [5.41, 5.74) is 11.2. The van der Waals surface area contributed by atoms with Gasteiger partial charge in [-0.05, 0) is 113 Å². The van der Waals surface area contributed by atoms with E-state index >= 15 is 0 Å². The van der Waals surface area contributed by atoms with E-state index < -0.39 is 9.84 Å². The van der Waals surface area contributed by atoms with Gasteiger partial charge < -0.3 is 13.7 Å². The van der Waals surface area contributed by atoms with Crippen LogP contribution >= 0.6 is 27.7 Å². The summed E-state index contributed by atoms with van der Waals surface area (Å²) in [4.78, 5) is 15.8. The van der Waals surface area contributed by atoms with Crippen molar-refractivity contribution in [2.75, 3.05) is 12.5 Å². The zero-order chi connectivity index (χ0) is 55.9. The standard InChI is InChI=1S/C24H26N2O2S.C24H26N2S.C23H23BrN2/c1-29(27,28)20-13-11-19(12-14-20)24(17-18-7-3-2-4-8-18)22-10-6-5-9-21(22)23-25-15-16-26(23)24;1-27-20-13-11-19(12-14-20)24(17-18-7-3-2-4-8-18)22-10-6-5-9-21(22)23-25-15-16-26(23)24;24-19-12-10-18(11-13-19)23(16-17-6-2-1-3-7-17)21-9-5-4-8-20(21)22-25-14-15-26(22)23/h5-6,9-16,18H,2-4,7-8,17H2,1H3;5-6,9-16,18H,2-4,7-8,17H2,1H3;4-5,8-15,17H,1-3,6-7,16H2. The number of rotatable bonds is 11. The fraction of sp³-hybridized carbons (Fsp3) is 0.366. The minimum Gasteiger partial charge on any atom is -0.317 e. The van der Waals surface area contributed by atoms with E-state index in [9.17, 15) is 8.42 Å². The van der Waals surface area contributed by atoms with Crippen LogP contribution in [-0.4, -0.2) is 49.6 Å². The first kappa shape index (κ1) is 54.9. The summed E-state index contributed by atoms with van der Waals surface area (Å²) in [6.07, 6.45) is 39.2. The van der Waals surface area contributed by atoms with Crippen LogP contribution in [0.4, 0.5) is 0 Å². The molecule has 0 amide bonds. The molecule has 3 fully saturated rings. The normalized spacial score (nSPS) is 21.9. The molecular weight excluding hydrogens is 1110 g/mol. The predicted octanol–water partition coefficient (Wildman–Crippen LogP) is 17.8. The third kappa shape index (κ3) is 9.78. The second-order valence-electron chi connectivity index (χ2n) is 24.2. The van der Waals surface area contributed by atoms with Gasteiger partial charge in [0.1, 0.15) is 17.5 Å². The van der Waals surface area contributed by atoms with E-state index in [0.29, 0.717) is 10.8 Å². The Hall–Kier alpha value is -6.27. The van der Waals surface area contributed by atoms with Crippen LogP contribution in [-0.2, 0) is 26.5 Å². The Labute approximate surface area is 498 Å². The first-order valence-corrected chi connectivity index (χ1v) is 34.1. The third-order valence-electron chi connectivity index (χ3n) is 19.6. The minimum atomic E-state index is -3.22. The van der Waals surface area contributed by atoms with Gasteiger partial charge in [0, 0.05) is 69.5 Å². The molecule has 6 aliphatic rings. The summed E-state index contributed by atoms with van der Waals surface area (Å²) in [6, 6.07) is 52.0. The first-order valence-electron chi connectivity index (χ1n) is 30.2. The maximum Gasteiger partial charge on any atom is 0.175 e. The Morgan fingerprint density at radius 3 is 1.10 bits per heavy atom. The number of hydrogen-bond acceptors (Lipinski definition) is 6. The van der Waals surface area contributed by atoms with Gasteiger partial charge in [0.15, 0.2) is 9.84 Å². The smallest absolute Gasteiger partial charge is 0.175 e. The van der Waals surface area contributed by atoms with Crippen molar-refractivity contribution >= 4 is 37.5 Å². The van der Waals surface area contributed by atoms with Gasteiger partial charge in [-0.1, -0.05) is 221 Å². The molecule has 3 aromatic heterocycles. The van der Waals surface area contributed by atoms with Crippen LogP contribution in [0.2, 0.25) is 0 Å². The Bertz CT molecular complexity index is 3790. The SMILES string of the molecule is Brc1ccc(C2(CC3CCCCC3)c3ccccc3-c3nccn32)cc1.CS(=O)(=O)c1ccc(C2(CC3CCCCC3)c3ccccc3-c3nccn32)cc1.CSc1ccc(C2(CC3CCCCC3)c3ccccc3-c3nccn32)cc1. The molecule has 3 aliphatic heterocycles. The highest BCUT2D eigenvalue weighted by molar-refractivity contribution is 9.10. The molecule has 3 saturated carbocycles. The van der Waals surface area contributed by atoms with Gasteiger partial charge in [-0.3, -0.25) is 0 Å². The number of halogens is 1. The first-order chi connectivity index (χ1) is 40.1. The predicted molar refractivity (Wildman–Crippen MR) is 337 cm³/mol. The lowest BCUT2D eigenvalue weighted by molar-refractivity contribution is 0.264. The van der Waals surface area contributed by atoms with Crippen molar-refractivity contribution in [2.45, 2.75) is 142 Å². The van der Waals surface area contributed by atoms with E-state index in [1.165, 1.54) is 158 Å². The highest BCUT2D eigenvalue weighted by atomic mass is 79.9. The number of sulfone groups is 1. The molecule has 420 valence electrons. The van der Waals surface area contributed by atoms with Crippen LogP contribution in [0.3, 0.4) is 0 Å². The summed E-state index contributed by atoms with van der Waals surface area (Å²) < 4.78 is 32.4. The van der Waals surface area contributed by atoms with E-state index in [0.717, 1.165) is 52.2 Å². The molecule has 0 radical (unpaired) electrons. The number of nitrogens with zero attached hydrogens (tertiary/aromatic N) is 6. The van der Waals surface area contributed by atoms with Crippen molar-refractivity contribution in [3.8, 4) is 34.2 Å². The van der Waals surface area contributed by atoms with E-state index in [1.807, 2.05) is 42.5 Å². The molecule has 11 heteroatoms. The quantitative estimate of drug-likeness (QED) is 0.120. The molecule has 3 unspecified atom stereocenters. The molecule has 9 aromatic rings. The van der Waals surface area contributed by atoms with Gasteiger partial charge in [0.2, 0.25) is 0 Å². The molecule has 6 heterocycles. The van der Waals surface area contributed by atoms with Crippen LogP contribution in [0.5, 0.6) is 0 Å². The lowest BCUT2D eigenvalue weighted by atomic mass is 9.73. The highest BCUT2D eigenvalue weighted by Crippen LogP contribution is 2.55. The summed E-state index contributed by atoms with van der Waals surface area (Å²) in [5, 5.41) is 0. The molecular formula is C71H75BrN6O2S2. The second-order valence-corrected chi connectivity index (χ2v) is 28.0. The summed E-state index contributed by atoms with van der Waals surface area (Å²) in [7, 11) is -3.22. The molecule has 82 heavy (non-hydrogen) atoms. The minimum absolute atomic E-state index is 0.124. The van der Waals surface area contributed by atoms with E-state index in [1.54, 1.807) is 12.1 Å².